The normalized spacial score (nSPS) is 17.3. The molecular formula is C16H19ClFN3. The fourth-order valence-electron chi connectivity index (χ4n) is 3.14. The van der Waals surface area contributed by atoms with Crippen molar-refractivity contribution in [1.29, 1.82) is 0 Å². The van der Waals surface area contributed by atoms with Crippen LogP contribution in [0.5, 0.6) is 0 Å². The van der Waals surface area contributed by atoms with Crippen LogP contribution < -0.4 is 0 Å². The van der Waals surface area contributed by atoms with Crippen molar-refractivity contribution in [1.82, 2.24) is 14.8 Å². The van der Waals surface area contributed by atoms with E-state index in [0.29, 0.717) is 11.0 Å². The Morgan fingerprint density at radius 2 is 2.10 bits per heavy atom. The molecule has 2 aromatic heterocycles. The number of pyridine rings is 1. The van der Waals surface area contributed by atoms with E-state index in [9.17, 15) is 4.39 Å². The van der Waals surface area contributed by atoms with Crippen LogP contribution in [-0.2, 0) is 6.54 Å². The number of hydrogen-bond acceptors (Lipinski definition) is 2. The summed E-state index contributed by atoms with van der Waals surface area (Å²) in [5.74, 6) is -0.519. The van der Waals surface area contributed by atoms with E-state index in [0.717, 1.165) is 17.7 Å². The summed E-state index contributed by atoms with van der Waals surface area (Å²) in [7, 11) is 0. The molecule has 0 aliphatic heterocycles. The van der Waals surface area contributed by atoms with Crippen LogP contribution in [0.15, 0.2) is 18.5 Å². The molecule has 1 aliphatic rings. The first-order valence-electron chi connectivity index (χ1n) is 7.32. The lowest BCUT2D eigenvalue weighted by Gasteiger charge is -2.22. The van der Waals surface area contributed by atoms with Gasteiger partial charge in [0.1, 0.15) is 5.15 Å². The molecule has 0 N–H and O–H groups in total. The first-order chi connectivity index (χ1) is 9.97. The predicted octanol–water partition coefficient (Wildman–Crippen LogP) is 4.63. The maximum absolute atomic E-state index is 13.4. The molecule has 3 nitrogen and oxygen atoms in total. The summed E-state index contributed by atoms with van der Waals surface area (Å²) in [5.41, 5.74) is 2.45. The van der Waals surface area contributed by atoms with Crippen LogP contribution in [0.25, 0.3) is 11.1 Å². The Morgan fingerprint density at radius 1 is 1.38 bits per heavy atom. The van der Waals surface area contributed by atoms with Crippen molar-refractivity contribution < 1.29 is 4.39 Å². The van der Waals surface area contributed by atoms with Gasteiger partial charge < -0.3 is 0 Å². The van der Waals surface area contributed by atoms with Gasteiger partial charge in [0, 0.05) is 29.4 Å². The summed E-state index contributed by atoms with van der Waals surface area (Å²) in [6.07, 6.45) is 8.86. The topological polar surface area (TPSA) is 30.7 Å². The van der Waals surface area contributed by atoms with E-state index in [4.69, 9.17) is 11.6 Å². The second-order valence-corrected chi connectivity index (χ2v) is 6.74. The molecule has 1 aliphatic carbocycles. The molecule has 0 aromatic carbocycles. The van der Waals surface area contributed by atoms with Crippen molar-refractivity contribution in [3.63, 3.8) is 0 Å². The molecule has 0 unspecified atom stereocenters. The minimum Gasteiger partial charge on any atom is -0.272 e. The molecule has 21 heavy (non-hydrogen) atoms. The van der Waals surface area contributed by atoms with E-state index < -0.39 is 5.95 Å². The number of rotatable bonds is 3. The summed E-state index contributed by atoms with van der Waals surface area (Å²) in [6.45, 7) is 4.92. The zero-order valence-electron chi connectivity index (χ0n) is 12.4. The quantitative estimate of drug-likeness (QED) is 0.774. The van der Waals surface area contributed by atoms with Gasteiger partial charge in [-0.25, -0.2) is 4.98 Å². The van der Waals surface area contributed by atoms with Crippen LogP contribution in [0.1, 0.15) is 38.2 Å². The lowest BCUT2D eigenvalue weighted by Crippen LogP contribution is -2.19. The second-order valence-electron chi connectivity index (χ2n) is 6.38. The third-order valence-electron chi connectivity index (χ3n) is 4.40. The van der Waals surface area contributed by atoms with Gasteiger partial charge in [-0.2, -0.15) is 9.49 Å². The summed E-state index contributed by atoms with van der Waals surface area (Å²) in [4.78, 5) is 3.74. The van der Waals surface area contributed by atoms with Crippen LogP contribution in [-0.4, -0.2) is 14.8 Å². The molecule has 0 spiro atoms. The smallest absolute Gasteiger partial charge is 0.217 e. The highest BCUT2D eigenvalue weighted by Gasteiger charge is 2.29. The van der Waals surface area contributed by atoms with Crippen LogP contribution in [0.2, 0.25) is 5.15 Å². The van der Waals surface area contributed by atoms with Gasteiger partial charge in [-0.15, -0.1) is 0 Å². The largest absolute Gasteiger partial charge is 0.272 e. The van der Waals surface area contributed by atoms with Crippen molar-refractivity contribution in [3.8, 4) is 11.1 Å². The molecule has 3 rings (SSSR count). The molecule has 0 bridgehead atoms. The van der Waals surface area contributed by atoms with Crippen LogP contribution in [0, 0.1) is 18.3 Å². The fourth-order valence-corrected chi connectivity index (χ4v) is 3.38. The van der Waals surface area contributed by atoms with E-state index in [-0.39, 0.29) is 5.15 Å². The van der Waals surface area contributed by atoms with Crippen molar-refractivity contribution in [3.05, 3.63) is 35.1 Å². The highest BCUT2D eigenvalue weighted by Crippen LogP contribution is 2.39. The summed E-state index contributed by atoms with van der Waals surface area (Å²) < 4.78 is 15.4. The van der Waals surface area contributed by atoms with E-state index in [1.54, 1.807) is 19.2 Å². The van der Waals surface area contributed by atoms with Gasteiger partial charge in [0.25, 0.3) is 0 Å². The van der Waals surface area contributed by atoms with Gasteiger partial charge in [-0.3, -0.25) is 4.68 Å². The maximum atomic E-state index is 13.4. The second kappa shape index (κ2) is 5.41. The molecule has 5 heteroatoms. The van der Waals surface area contributed by atoms with E-state index >= 15 is 0 Å². The van der Waals surface area contributed by atoms with Gasteiger partial charge in [0.2, 0.25) is 5.95 Å². The summed E-state index contributed by atoms with van der Waals surface area (Å²) in [6, 6.07) is 1.73. The monoisotopic (exact) mass is 307 g/mol. The Bertz CT molecular complexity index is 660. The SMILES string of the molecule is Cc1cc(-c2cnn(CC3(C)CCCC3)c2)c(Cl)nc1F. The fraction of sp³-hybridized carbons (Fsp3) is 0.500. The Hall–Kier alpha value is -1.42. The average molecular weight is 308 g/mol. The lowest BCUT2D eigenvalue weighted by molar-refractivity contribution is 0.268. The van der Waals surface area contributed by atoms with Crippen molar-refractivity contribution >= 4 is 11.6 Å². The first-order valence-corrected chi connectivity index (χ1v) is 7.70. The zero-order chi connectivity index (χ0) is 15.0. The average Bonchev–Trinajstić information content (AvgIpc) is 3.04. The van der Waals surface area contributed by atoms with E-state index in [2.05, 4.69) is 17.0 Å². The highest BCUT2D eigenvalue weighted by molar-refractivity contribution is 6.32. The number of aryl methyl sites for hydroxylation is 1. The molecule has 0 saturated heterocycles. The highest BCUT2D eigenvalue weighted by atomic mass is 35.5. The summed E-state index contributed by atoms with van der Waals surface area (Å²) in [5, 5.41) is 4.62. The van der Waals surface area contributed by atoms with Crippen LogP contribution >= 0.6 is 11.6 Å². The summed E-state index contributed by atoms with van der Waals surface area (Å²) >= 11 is 6.05. The van der Waals surface area contributed by atoms with Gasteiger partial charge in [0.15, 0.2) is 0 Å². The molecule has 0 atom stereocenters. The minimum atomic E-state index is -0.519. The van der Waals surface area contributed by atoms with Crippen molar-refractivity contribution in [2.24, 2.45) is 5.41 Å². The molecular weight excluding hydrogens is 289 g/mol. The maximum Gasteiger partial charge on any atom is 0.217 e. The Labute approximate surface area is 129 Å². The van der Waals surface area contributed by atoms with E-state index in [1.807, 2.05) is 10.9 Å². The molecule has 0 radical (unpaired) electrons. The number of aromatic nitrogens is 3. The Balaban J connectivity index is 1.86. The van der Waals surface area contributed by atoms with Crippen molar-refractivity contribution in [2.75, 3.05) is 0 Å². The van der Waals surface area contributed by atoms with Gasteiger partial charge in [-0.1, -0.05) is 31.4 Å². The zero-order valence-corrected chi connectivity index (χ0v) is 13.1. The lowest BCUT2D eigenvalue weighted by atomic mass is 9.89. The molecule has 112 valence electrons. The third-order valence-corrected chi connectivity index (χ3v) is 4.69. The van der Waals surface area contributed by atoms with Gasteiger partial charge >= 0.3 is 0 Å². The first kappa shape index (κ1) is 14.5. The van der Waals surface area contributed by atoms with Crippen molar-refractivity contribution in [2.45, 2.75) is 46.1 Å². The molecule has 1 saturated carbocycles. The predicted molar refractivity (Wildman–Crippen MR) is 81.7 cm³/mol. The number of hydrogen-bond donors (Lipinski definition) is 0. The third kappa shape index (κ3) is 2.95. The Morgan fingerprint density at radius 3 is 2.81 bits per heavy atom. The molecule has 2 heterocycles. The molecule has 0 amide bonds. The minimum absolute atomic E-state index is 0.185. The number of nitrogens with zero attached hydrogens (tertiary/aromatic N) is 3. The van der Waals surface area contributed by atoms with E-state index in [1.165, 1.54) is 25.7 Å². The van der Waals surface area contributed by atoms with Crippen LogP contribution in [0.4, 0.5) is 4.39 Å². The standard InChI is InChI=1S/C16H19ClFN3/c1-11-7-13(14(17)20-15(11)18)12-8-19-21(9-12)10-16(2)5-3-4-6-16/h7-9H,3-6,10H2,1-2H3. The molecule has 2 aromatic rings. The van der Waals surface area contributed by atoms with Crippen LogP contribution in [0.3, 0.4) is 0 Å². The Kier molecular flexibility index (Phi) is 3.74. The van der Waals surface area contributed by atoms with Gasteiger partial charge in [-0.05, 0) is 31.2 Å². The number of halogens is 2. The molecule has 1 fully saturated rings. The van der Waals surface area contributed by atoms with Gasteiger partial charge in [0.05, 0.1) is 6.20 Å².